The van der Waals surface area contributed by atoms with Gasteiger partial charge in [0, 0.05) is 6.42 Å². The number of H-pyrrole nitrogens is 1. The van der Waals surface area contributed by atoms with E-state index < -0.39 is 0 Å². The quantitative estimate of drug-likeness (QED) is 0.704. The number of hydrogen-bond acceptors (Lipinski definition) is 6. The predicted octanol–water partition coefficient (Wildman–Crippen LogP) is 3.21. The van der Waals surface area contributed by atoms with E-state index in [1.807, 2.05) is 49.4 Å². The highest BCUT2D eigenvalue weighted by molar-refractivity contribution is 7.98. The maximum absolute atomic E-state index is 5.13. The Morgan fingerprint density at radius 3 is 2.82 bits per heavy atom. The Labute approximate surface area is 132 Å². The lowest BCUT2D eigenvalue weighted by Gasteiger charge is -1.90. The van der Waals surface area contributed by atoms with Gasteiger partial charge in [0.2, 0.25) is 11.0 Å². The van der Waals surface area contributed by atoms with Crippen molar-refractivity contribution < 1.29 is 4.52 Å². The van der Waals surface area contributed by atoms with E-state index in [-0.39, 0.29) is 0 Å². The van der Waals surface area contributed by atoms with Crippen molar-refractivity contribution in [2.75, 3.05) is 0 Å². The van der Waals surface area contributed by atoms with Gasteiger partial charge in [-0.3, -0.25) is 5.10 Å². The molecular weight excluding hydrogens is 298 g/mol. The number of aryl methyl sites for hydroxylation is 1. The van der Waals surface area contributed by atoms with E-state index in [0.29, 0.717) is 22.6 Å². The van der Waals surface area contributed by atoms with Gasteiger partial charge >= 0.3 is 0 Å². The van der Waals surface area contributed by atoms with Gasteiger partial charge in [-0.1, -0.05) is 60.3 Å². The summed E-state index contributed by atoms with van der Waals surface area (Å²) in [5.41, 5.74) is 1.12. The second kappa shape index (κ2) is 7.04. The van der Waals surface area contributed by atoms with Crippen molar-refractivity contribution in [3.8, 4) is 0 Å². The Bertz CT molecular complexity index is 750. The van der Waals surface area contributed by atoms with E-state index in [4.69, 9.17) is 4.52 Å². The third-order valence-corrected chi connectivity index (χ3v) is 3.70. The standard InChI is InChI=1S/C15H15N5OS/c1-2-12-16-14(21-20-12)10-22-15-17-13(18-19-15)9-8-11-6-4-3-5-7-11/h3-9H,2,10H2,1H3,(H,17,18,19)/b9-8+. The van der Waals surface area contributed by atoms with E-state index in [1.165, 1.54) is 11.8 Å². The minimum absolute atomic E-state index is 0.562. The molecule has 0 unspecified atom stereocenters. The topological polar surface area (TPSA) is 80.5 Å². The molecule has 7 heteroatoms. The summed E-state index contributed by atoms with van der Waals surface area (Å²) in [6, 6.07) is 10.0. The van der Waals surface area contributed by atoms with Crippen LogP contribution in [-0.4, -0.2) is 25.3 Å². The Balaban J connectivity index is 1.58. The molecule has 1 aromatic carbocycles. The van der Waals surface area contributed by atoms with E-state index in [0.717, 1.165) is 17.8 Å². The number of benzene rings is 1. The Morgan fingerprint density at radius 2 is 2.05 bits per heavy atom. The summed E-state index contributed by atoms with van der Waals surface area (Å²) in [5.74, 6) is 2.59. The molecule has 0 spiro atoms. The molecule has 3 rings (SSSR count). The molecule has 0 atom stereocenters. The van der Waals surface area contributed by atoms with Crippen molar-refractivity contribution in [3.63, 3.8) is 0 Å². The molecule has 3 aromatic rings. The molecule has 0 aliphatic rings. The van der Waals surface area contributed by atoms with Crippen molar-refractivity contribution in [1.29, 1.82) is 0 Å². The lowest BCUT2D eigenvalue weighted by molar-refractivity contribution is 0.385. The molecule has 22 heavy (non-hydrogen) atoms. The number of rotatable bonds is 6. The number of thioether (sulfide) groups is 1. The fraction of sp³-hybridized carbons (Fsp3) is 0.200. The number of aromatic amines is 1. The van der Waals surface area contributed by atoms with Crippen molar-refractivity contribution in [3.05, 3.63) is 53.4 Å². The molecule has 0 bridgehead atoms. The highest BCUT2D eigenvalue weighted by Crippen LogP contribution is 2.18. The Hall–Kier alpha value is -2.41. The molecular formula is C15H15N5OS. The van der Waals surface area contributed by atoms with E-state index in [2.05, 4.69) is 25.3 Å². The van der Waals surface area contributed by atoms with E-state index in [9.17, 15) is 0 Å². The second-order valence-electron chi connectivity index (χ2n) is 4.49. The summed E-state index contributed by atoms with van der Waals surface area (Å²) in [6.45, 7) is 1.99. The minimum Gasteiger partial charge on any atom is -0.338 e. The van der Waals surface area contributed by atoms with Crippen LogP contribution in [0.2, 0.25) is 0 Å². The molecule has 6 nitrogen and oxygen atoms in total. The van der Waals surface area contributed by atoms with Crippen LogP contribution >= 0.6 is 11.8 Å². The highest BCUT2D eigenvalue weighted by atomic mass is 32.2. The van der Waals surface area contributed by atoms with Crippen LogP contribution in [0.25, 0.3) is 12.2 Å². The second-order valence-corrected chi connectivity index (χ2v) is 5.44. The zero-order valence-electron chi connectivity index (χ0n) is 12.1. The SMILES string of the molecule is CCc1noc(CSc2n[nH]c(/C=C/c3ccccc3)n2)n1. The van der Waals surface area contributed by atoms with Gasteiger partial charge in [0.05, 0.1) is 5.75 Å². The van der Waals surface area contributed by atoms with Gasteiger partial charge in [-0.15, -0.1) is 5.10 Å². The normalized spacial score (nSPS) is 11.3. The summed E-state index contributed by atoms with van der Waals surface area (Å²) >= 11 is 1.46. The average Bonchev–Trinajstić information content (AvgIpc) is 3.21. The van der Waals surface area contributed by atoms with Gasteiger partial charge in [0.1, 0.15) is 5.82 Å². The largest absolute Gasteiger partial charge is 0.338 e. The van der Waals surface area contributed by atoms with Crippen LogP contribution in [0.15, 0.2) is 40.0 Å². The highest BCUT2D eigenvalue weighted by Gasteiger charge is 2.08. The summed E-state index contributed by atoms with van der Waals surface area (Å²) in [7, 11) is 0. The minimum atomic E-state index is 0.562. The lowest BCUT2D eigenvalue weighted by Crippen LogP contribution is -1.85. The summed E-state index contributed by atoms with van der Waals surface area (Å²) in [6.07, 6.45) is 4.65. The molecule has 0 radical (unpaired) electrons. The summed E-state index contributed by atoms with van der Waals surface area (Å²) < 4.78 is 5.13. The third kappa shape index (κ3) is 3.82. The fourth-order valence-electron chi connectivity index (χ4n) is 1.76. The Morgan fingerprint density at radius 1 is 1.18 bits per heavy atom. The molecule has 2 aromatic heterocycles. The van der Waals surface area contributed by atoms with Crippen molar-refractivity contribution in [1.82, 2.24) is 25.3 Å². The predicted molar refractivity (Wildman–Crippen MR) is 85.0 cm³/mol. The fourth-order valence-corrected chi connectivity index (χ4v) is 2.40. The molecule has 1 N–H and O–H groups in total. The van der Waals surface area contributed by atoms with Crippen molar-refractivity contribution in [2.45, 2.75) is 24.3 Å². The number of nitrogens with zero attached hydrogens (tertiary/aromatic N) is 4. The van der Waals surface area contributed by atoms with Gasteiger partial charge < -0.3 is 4.52 Å². The third-order valence-electron chi connectivity index (χ3n) is 2.87. The molecule has 0 saturated carbocycles. The van der Waals surface area contributed by atoms with Crippen LogP contribution in [-0.2, 0) is 12.2 Å². The zero-order chi connectivity index (χ0) is 15.2. The number of aromatic nitrogens is 5. The molecule has 0 amide bonds. The maximum atomic E-state index is 5.13. The van der Waals surface area contributed by atoms with Crippen molar-refractivity contribution >= 4 is 23.9 Å². The summed E-state index contributed by atoms with van der Waals surface area (Å²) in [5, 5.41) is 11.6. The average molecular weight is 313 g/mol. The van der Waals surface area contributed by atoms with Gasteiger partial charge in [0.25, 0.3) is 0 Å². The molecule has 0 aliphatic heterocycles. The van der Waals surface area contributed by atoms with Gasteiger partial charge in [-0.05, 0) is 11.6 Å². The Kier molecular flexibility index (Phi) is 4.65. The van der Waals surface area contributed by atoms with Gasteiger partial charge in [-0.25, -0.2) is 4.98 Å². The van der Waals surface area contributed by atoms with Crippen LogP contribution < -0.4 is 0 Å². The van der Waals surface area contributed by atoms with Crippen LogP contribution in [0.5, 0.6) is 0 Å². The first-order chi connectivity index (χ1) is 10.8. The van der Waals surface area contributed by atoms with Crippen LogP contribution in [0.1, 0.15) is 30.0 Å². The van der Waals surface area contributed by atoms with Gasteiger partial charge in [-0.2, -0.15) is 4.98 Å². The maximum Gasteiger partial charge on any atom is 0.237 e. The monoisotopic (exact) mass is 313 g/mol. The zero-order valence-corrected chi connectivity index (χ0v) is 12.9. The molecule has 2 heterocycles. The molecule has 0 saturated heterocycles. The lowest BCUT2D eigenvalue weighted by atomic mass is 10.2. The first-order valence-electron chi connectivity index (χ1n) is 6.93. The van der Waals surface area contributed by atoms with E-state index in [1.54, 1.807) is 0 Å². The van der Waals surface area contributed by atoms with E-state index >= 15 is 0 Å². The van der Waals surface area contributed by atoms with Crippen molar-refractivity contribution in [2.24, 2.45) is 0 Å². The molecule has 0 fully saturated rings. The molecule has 0 aliphatic carbocycles. The van der Waals surface area contributed by atoms with Crippen LogP contribution in [0.3, 0.4) is 0 Å². The van der Waals surface area contributed by atoms with Crippen LogP contribution in [0.4, 0.5) is 0 Å². The molecule has 112 valence electrons. The first kappa shape index (κ1) is 14.5. The first-order valence-corrected chi connectivity index (χ1v) is 7.92. The smallest absolute Gasteiger partial charge is 0.237 e. The summed E-state index contributed by atoms with van der Waals surface area (Å²) in [4.78, 5) is 8.64. The van der Waals surface area contributed by atoms with Crippen LogP contribution in [0, 0.1) is 0 Å². The van der Waals surface area contributed by atoms with Gasteiger partial charge in [0.15, 0.2) is 5.82 Å². The number of hydrogen-bond donors (Lipinski definition) is 1. The number of nitrogens with one attached hydrogen (secondary N) is 1.